The zero-order chi connectivity index (χ0) is 15.0. The quantitative estimate of drug-likeness (QED) is 0.630. The van der Waals surface area contributed by atoms with Crippen molar-refractivity contribution in [1.82, 2.24) is 4.90 Å². The van der Waals surface area contributed by atoms with Crippen molar-refractivity contribution in [2.75, 3.05) is 20.1 Å². The van der Waals surface area contributed by atoms with Crippen molar-refractivity contribution < 1.29 is 9.53 Å². The van der Waals surface area contributed by atoms with Gasteiger partial charge >= 0.3 is 5.97 Å². The molecule has 0 aromatic heterocycles. The molecule has 0 unspecified atom stereocenters. The van der Waals surface area contributed by atoms with Crippen molar-refractivity contribution >= 4 is 5.97 Å². The lowest BCUT2D eigenvalue weighted by molar-refractivity contribution is -0.164. The van der Waals surface area contributed by atoms with Crippen LogP contribution in [0.3, 0.4) is 0 Å². The van der Waals surface area contributed by atoms with E-state index in [1.807, 2.05) is 0 Å². The number of ether oxygens (including phenoxy) is 1. The molecule has 0 amide bonds. The molecule has 1 aliphatic heterocycles. The monoisotopic (exact) mass is 283 g/mol. The van der Waals surface area contributed by atoms with Crippen LogP contribution in [0.2, 0.25) is 0 Å². The van der Waals surface area contributed by atoms with Gasteiger partial charge in [0.15, 0.2) is 0 Å². The first-order valence-corrected chi connectivity index (χ1v) is 8.41. The van der Waals surface area contributed by atoms with Crippen molar-refractivity contribution in [3.05, 3.63) is 0 Å². The van der Waals surface area contributed by atoms with Crippen LogP contribution in [0.5, 0.6) is 0 Å². The zero-order valence-corrected chi connectivity index (χ0v) is 13.9. The molecule has 0 radical (unpaired) electrons. The molecule has 118 valence electrons. The molecule has 3 nitrogen and oxygen atoms in total. The smallest absolute Gasteiger partial charge is 0.312 e. The Labute approximate surface area is 125 Å². The number of likely N-dealkylation sites (tertiary alicyclic amines) is 1. The maximum absolute atomic E-state index is 12.5. The maximum atomic E-state index is 12.5. The number of rotatable bonds is 8. The largest absolute Gasteiger partial charge is 0.462 e. The van der Waals surface area contributed by atoms with Crippen molar-refractivity contribution in [2.24, 2.45) is 5.41 Å². The average molecular weight is 283 g/mol. The topological polar surface area (TPSA) is 29.5 Å². The van der Waals surface area contributed by atoms with Gasteiger partial charge in [0, 0.05) is 0 Å². The van der Waals surface area contributed by atoms with E-state index in [-0.39, 0.29) is 17.5 Å². The van der Waals surface area contributed by atoms with Crippen LogP contribution in [0.25, 0.3) is 0 Å². The fraction of sp³-hybridized carbons (Fsp3) is 0.941. The summed E-state index contributed by atoms with van der Waals surface area (Å²) in [6, 6.07) is 0. The molecule has 1 heterocycles. The first-order valence-electron chi connectivity index (χ1n) is 8.41. The lowest BCUT2D eigenvalue weighted by atomic mass is 9.80. The van der Waals surface area contributed by atoms with Crippen LogP contribution < -0.4 is 0 Å². The highest BCUT2D eigenvalue weighted by molar-refractivity contribution is 5.76. The summed E-state index contributed by atoms with van der Waals surface area (Å²) >= 11 is 0. The Hall–Kier alpha value is -0.570. The summed E-state index contributed by atoms with van der Waals surface area (Å²) < 4.78 is 5.87. The van der Waals surface area contributed by atoms with Crippen molar-refractivity contribution in [3.8, 4) is 0 Å². The third kappa shape index (κ3) is 5.43. The summed E-state index contributed by atoms with van der Waals surface area (Å²) in [6.07, 6.45) is 8.69. The summed E-state index contributed by atoms with van der Waals surface area (Å²) in [5.41, 5.74) is -0.261. The second-order valence-corrected chi connectivity index (χ2v) is 6.68. The molecule has 20 heavy (non-hydrogen) atoms. The number of hydrogen-bond acceptors (Lipinski definition) is 3. The predicted molar refractivity (Wildman–Crippen MR) is 83.8 cm³/mol. The molecule has 1 saturated heterocycles. The molecule has 0 N–H and O–H groups in total. The van der Waals surface area contributed by atoms with Crippen LogP contribution in [0.1, 0.15) is 72.1 Å². The normalized spacial score (nSPS) is 19.2. The number of piperidine rings is 1. The minimum atomic E-state index is -0.261. The van der Waals surface area contributed by atoms with Gasteiger partial charge in [-0.2, -0.15) is 0 Å². The molecule has 0 saturated carbocycles. The van der Waals surface area contributed by atoms with Crippen molar-refractivity contribution in [2.45, 2.75) is 78.2 Å². The van der Waals surface area contributed by atoms with E-state index < -0.39 is 0 Å². The second-order valence-electron chi connectivity index (χ2n) is 6.68. The van der Waals surface area contributed by atoms with E-state index >= 15 is 0 Å². The standard InChI is InChI=1S/C17H33NO2/c1-5-7-9-15(10-8-6-2)20-16(19)17(3)11-13-18(4)14-12-17/h15H,5-14H2,1-4H3. The lowest BCUT2D eigenvalue weighted by Crippen LogP contribution is -2.42. The molecule has 0 spiro atoms. The summed E-state index contributed by atoms with van der Waals surface area (Å²) in [7, 11) is 2.12. The van der Waals surface area contributed by atoms with Gasteiger partial charge in [-0.1, -0.05) is 39.5 Å². The van der Waals surface area contributed by atoms with E-state index in [1.54, 1.807) is 0 Å². The van der Waals surface area contributed by atoms with Gasteiger partial charge in [-0.3, -0.25) is 4.79 Å². The fourth-order valence-corrected chi connectivity index (χ4v) is 2.74. The average Bonchev–Trinajstić information content (AvgIpc) is 2.45. The number of esters is 1. The van der Waals surface area contributed by atoms with Crippen LogP contribution in [-0.2, 0) is 9.53 Å². The highest BCUT2D eigenvalue weighted by atomic mass is 16.5. The molecule has 1 rings (SSSR count). The van der Waals surface area contributed by atoms with Crippen LogP contribution in [0, 0.1) is 5.41 Å². The number of carbonyl (C=O) groups excluding carboxylic acids is 1. The summed E-state index contributed by atoms with van der Waals surface area (Å²) in [4.78, 5) is 14.8. The molecule has 3 heteroatoms. The second kappa shape index (κ2) is 8.66. The van der Waals surface area contributed by atoms with E-state index in [2.05, 4.69) is 32.7 Å². The number of nitrogens with zero attached hydrogens (tertiary/aromatic N) is 1. The molecule has 0 bridgehead atoms. The Bertz CT molecular complexity index is 275. The molecule has 0 aliphatic carbocycles. The Kier molecular flexibility index (Phi) is 7.57. The Balaban J connectivity index is 2.50. The highest BCUT2D eigenvalue weighted by Crippen LogP contribution is 2.32. The molecule has 0 aromatic rings. The summed E-state index contributed by atoms with van der Waals surface area (Å²) in [5, 5.41) is 0. The van der Waals surface area contributed by atoms with Gasteiger partial charge in [-0.05, 0) is 52.7 Å². The van der Waals surface area contributed by atoms with Crippen LogP contribution in [0.15, 0.2) is 0 Å². The van der Waals surface area contributed by atoms with Gasteiger partial charge in [0.05, 0.1) is 5.41 Å². The van der Waals surface area contributed by atoms with E-state index in [1.165, 1.54) is 12.8 Å². The van der Waals surface area contributed by atoms with Crippen molar-refractivity contribution in [3.63, 3.8) is 0 Å². The number of hydrogen-bond donors (Lipinski definition) is 0. The molecule has 1 fully saturated rings. The van der Waals surface area contributed by atoms with Crippen molar-refractivity contribution in [1.29, 1.82) is 0 Å². The van der Waals surface area contributed by atoms with Gasteiger partial charge in [-0.25, -0.2) is 0 Å². The fourth-order valence-electron chi connectivity index (χ4n) is 2.74. The lowest BCUT2D eigenvalue weighted by Gasteiger charge is -2.36. The first-order chi connectivity index (χ1) is 9.51. The summed E-state index contributed by atoms with van der Waals surface area (Å²) in [5.74, 6) is 0.0443. The van der Waals surface area contributed by atoms with Crippen LogP contribution >= 0.6 is 0 Å². The van der Waals surface area contributed by atoms with E-state index in [4.69, 9.17) is 4.74 Å². The first kappa shape index (κ1) is 17.5. The van der Waals surface area contributed by atoms with E-state index in [9.17, 15) is 4.79 Å². The number of unbranched alkanes of at least 4 members (excludes halogenated alkanes) is 2. The van der Waals surface area contributed by atoms with E-state index in [0.29, 0.717) is 0 Å². The minimum Gasteiger partial charge on any atom is -0.462 e. The van der Waals surface area contributed by atoms with Gasteiger partial charge in [0.2, 0.25) is 0 Å². The van der Waals surface area contributed by atoms with Gasteiger partial charge in [0.1, 0.15) is 6.10 Å². The molecular weight excluding hydrogens is 250 g/mol. The molecule has 1 aliphatic rings. The summed E-state index contributed by atoms with van der Waals surface area (Å²) in [6.45, 7) is 8.47. The Morgan fingerprint density at radius 2 is 1.65 bits per heavy atom. The van der Waals surface area contributed by atoms with E-state index in [0.717, 1.165) is 51.6 Å². The minimum absolute atomic E-state index is 0.0443. The molecule has 0 aromatic carbocycles. The third-order valence-electron chi connectivity index (χ3n) is 4.62. The van der Waals surface area contributed by atoms with Crippen LogP contribution in [-0.4, -0.2) is 37.1 Å². The number of carbonyl (C=O) groups is 1. The molecule has 0 atom stereocenters. The Morgan fingerprint density at radius 3 is 2.10 bits per heavy atom. The SMILES string of the molecule is CCCCC(CCCC)OC(=O)C1(C)CCN(C)CC1. The van der Waals surface area contributed by atoms with Gasteiger partial charge in [0.25, 0.3) is 0 Å². The zero-order valence-electron chi connectivity index (χ0n) is 13.9. The molecular formula is C17H33NO2. The Morgan fingerprint density at radius 1 is 1.15 bits per heavy atom. The van der Waals surface area contributed by atoms with Gasteiger partial charge in [-0.15, -0.1) is 0 Å². The third-order valence-corrected chi connectivity index (χ3v) is 4.62. The van der Waals surface area contributed by atoms with Crippen LogP contribution in [0.4, 0.5) is 0 Å². The van der Waals surface area contributed by atoms with Gasteiger partial charge < -0.3 is 9.64 Å². The predicted octanol–water partition coefficient (Wildman–Crippen LogP) is 4.01. The highest BCUT2D eigenvalue weighted by Gasteiger charge is 2.38. The maximum Gasteiger partial charge on any atom is 0.312 e.